The number of aliphatic hydroxyl groups excluding tert-OH is 1. The number of nitrogens with zero attached hydrogens (tertiary/aromatic N) is 2. The minimum atomic E-state index is -0.548. The Kier molecular flexibility index (Phi) is 8.78. The van der Waals surface area contributed by atoms with Gasteiger partial charge in [0.2, 0.25) is 0 Å². The van der Waals surface area contributed by atoms with Crippen molar-refractivity contribution < 1.29 is 19.1 Å². The first-order chi connectivity index (χ1) is 15.7. The van der Waals surface area contributed by atoms with Crippen LogP contribution in [0.15, 0.2) is 18.2 Å². The van der Waals surface area contributed by atoms with Crippen molar-refractivity contribution in [2.45, 2.75) is 90.1 Å². The highest BCUT2D eigenvalue weighted by Gasteiger charge is 2.40. The smallest absolute Gasteiger partial charge is 0.163 e. The van der Waals surface area contributed by atoms with Gasteiger partial charge < -0.3 is 5.11 Å². The molecule has 0 spiro atoms. The predicted molar refractivity (Wildman–Crippen MR) is 125 cm³/mol. The van der Waals surface area contributed by atoms with Gasteiger partial charge in [0.25, 0.3) is 0 Å². The Morgan fingerprint density at radius 3 is 2.48 bits per heavy atom. The third kappa shape index (κ3) is 7.19. The highest BCUT2D eigenvalue weighted by molar-refractivity contribution is 5.96. The number of nitriles is 1. The fourth-order valence-corrected chi connectivity index (χ4v) is 5.52. The van der Waals surface area contributed by atoms with Crippen LogP contribution in [0.1, 0.15) is 94.0 Å². The van der Waals surface area contributed by atoms with E-state index in [9.17, 15) is 19.1 Å². The topological polar surface area (TPSA) is 81.4 Å². The quantitative estimate of drug-likeness (QED) is 0.445. The number of benzene rings is 1. The van der Waals surface area contributed by atoms with E-state index in [0.29, 0.717) is 43.2 Å². The molecular formula is C27H37FN2O3. The van der Waals surface area contributed by atoms with E-state index in [-0.39, 0.29) is 28.9 Å². The van der Waals surface area contributed by atoms with Crippen LogP contribution in [-0.2, 0) is 4.79 Å². The summed E-state index contributed by atoms with van der Waals surface area (Å²) in [6, 6.07) is 6.63. The third-order valence-electron chi connectivity index (χ3n) is 7.44. The van der Waals surface area contributed by atoms with E-state index >= 15 is 0 Å². The SMILES string of the molecule is CC(C)(CO)CCCC(=O)CN1[C@@H]2CC[C@H]1CC(CCCC(=O)c1cc(F)cc(C#N)c1)C2. The second-order valence-corrected chi connectivity index (χ2v) is 10.8. The van der Waals surface area contributed by atoms with E-state index in [0.717, 1.165) is 57.4 Å². The summed E-state index contributed by atoms with van der Waals surface area (Å²) in [6.07, 6.45) is 8.81. The molecule has 6 heteroatoms. The maximum absolute atomic E-state index is 13.6. The lowest BCUT2D eigenvalue weighted by atomic mass is 9.85. The first kappa shape index (κ1) is 25.5. The molecule has 3 rings (SSSR count). The van der Waals surface area contributed by atoms with Crippen LogP contribution in [0.2, 0.25) is 0 Å². The van der Waals surface area contributed by atoms with Gasteiger partial charge in [0.05, 0.1) is 18.2 Å². The van der Waals surface area contributed by atoms with Crippen molar-refractivity contribution in [2.24, 2.45) is 11.3 Å². The summed E-state index contributed by atoms with van der Waals surface area (Å²) in [6.45, 7) is 4.74. The largest absolute Gasteiger partial charge is 0.396 e. The van der Waals surface area contributed by atoms with E-state index in [1.165, 1.54) is 12.1 Å². The second-order valence-electron chi connectivity index (χ2n) is 10.8. The number of aliphatic hydroxyl groups is 1. The van der Waals surface area contributed by atoms with Gasteiger partial charge in [-0.3, -0.25) is 14.5 Å². The normalized spacial score (nSPS) is 22.8. The minimum Gasteiger partial charge on any atom is -0.396 e. The predicted octanol–water partition coefficient (Wildman–Crippen LogP) is 5.05. The molecule has 180 valence electrons. The van der Waals surface area contributed by atoms with Crippen LogP contribution >= 0.6 is 0 Å². The molecule has 2 saturated heterocycles. The summed E-state index contributed by atoms with van der Waals surface area (Å²) >= 11 is 0. The zero-order valence-electron chi connectivity index (χ0n) is 20.0. The zero-order valence-corrected chi connectivity index (χ0v) is 20.0. The number of carbonyl (C=O) groups excluding carboxylic acids is 2. The molecule has 1 aromatic rings. The van der Waals surface area contributed by atoms with E-state index in [2.05, 4.69) is 4.90 Å². The molecule has 0 amide bonds. The Labute approximate surface area is 197 Å². The molecule has 1 unspecified atom stereocenters. The first-order valence-electron chi connectivity index (χ1n) is 12.3. The van der Waals surface area contributed by atoms with Crippen LogP contribution in [0.3, 0.4) is 0 Å². The van der Waals surface area contributed by atoms with Gasteiger partial charge in [0, 0.05) is 37.1 Å². The van der Waals surface area contributed by atoms with Gasteiger partial charge in [-0.2, -0.15) is 5.26 Å². The standard InChI is InChI=1S/C27H37FN2O3/c1-27(2,18-31)10-4-6-25(32)17-30-23-8-9-24(30)14-19(13-23)5-3-7-26(33)21-11-20(16-29)12-22(28)15-21/h11-12,15,19,23-24,31H,3-10,13-14,17-18H2,1-2H3/t19?,23-,24+. The Morgan fingerprint density at radius 2 is 1.85 bits per heavy atom. The fraction of sp³-hybridized carbons (Fsp3) is 0.667. The van der Waals surface area contributed by atoms with Crippen LogP contribution in [0.5, 0.6) is 0 Å². The fourth-order valence-electron chi connectivity index (χ4n) is 5.52. The van der Waals surface area contributed by atoms with Crippen molar-refractivity contribution in [2.75, 3.05) is 13.2 Å². The molecule has 3 atom stereocenters. The summed E-state index contributed by atoms with van der Waals surface area (Å²) in [5, 5.41) is 18.3. The van der Waals surface area contributed by atoms with Crippen LogP contribution < -0.4 is 0 Å². The summed E-state index contributed by atoms with van der Waals surface area (Å²) < 4.78 is 13.6. The summed E-state index contributed by atoms with van der Waals surface area (Å²) in [5.74, 6) is 0.208. The number of carbonyl (C=O) groups is 2. The zero-order chi connectivity index (χ0) is 24.0. The lowest BCUT2D eigenvalue weighted by Crippen LogP contribution is -2.45. The Balaban J connectivity index is 1.41. The third-order valence-corrected chi connectivity index (χ3v) is 7.44. The van der Waals surface area contributed by atoms with Gasteiger partial charge in [-0.1, -0.05) is 13.8 Å². The van der Waals surface area contributed by atoms with Gasteiger partial charge in [-0.05, 0) is 80.9 Å². The van der Waals surface area contributed by atoms with Crippen LogP contribution in [0, 0.1) is 28.5 Å². The van der Waals surface area contributed by atoms with Gasteiger partial charge in [0.1, 0.15) is 11.6 Å². The summed E-state index contributed by atoms with van der Waals surface area (Å²) in [5.41, 5.74) is 0.336. The average Bonchev–Trinajstić information content (AvgIpc) is 3.00. The van der Waals surface area contributed by atoms with Crippen LogP contribution in [0.25, 0.3) is 0 Å². The number of fused-ring (bicyclic) bond motifs is 2. The molecule has 2 aliphatic heterocycles. The first-order valence-corrected chi connectivity index (χ1v) is 12.3. The van der Waals surface area contributed by atoms with Gasteiger partial charge in [-0.15, -0.1) is 0 Å². The number of halogens is 1. The number of Topliss-reactive ketones (excluding diaryl/α,β-unsaturated/α-hetero) is 2. The molecule has 33 heavy (non-hydrogen) atoms. The molecule has 2 fully saturated rings. The minimum absolute atomic E-state index is 0.110. The Bertz CT molecular complexity index is 878. The molecule has 2 aliphatic rings. The molecule has 1 N–H and O–H groups in total. The monoisotopic (exact) mass is 456 g/mol. The number of hydrogen-bond donors (Lipinski definition) is 1. The van der Waals surface area contributed by atoms with Crippen molar-refractivity contribution >= 4 is 11.6 Å². The summed E-state index contributed by atoms with van der Waals surface area (Å²) in [4.78, 5) is 27.4. The maximum Gasteiger partial charge on any atom is 0.163 e. The average molecular weight is 457 g/mol. The highest BCUT2D eigenvalue weighted by Crippen LogP contribution is 2.40. The van der Waals surface area contributed by atoms with Crippen molar-refractivity contribution in [3.05, 3.63) is 35.1 Å². The number of piperidine rings is 1. The molecule has 5 nitrogen and oxygen atoms in total. The van der Waals surface area contributed by atoms with Crippen molar-refractivity contribution in [3.63, 3.8) is 0 Å². The molecule has 0 saturated carbocycles. The van der Waals surface area contributed by atoms with Crippen LogP contribution in [0.4, 0.5) is 4.39 Å². The van der Waals surface area contributed by atoms with Crippen LogP contribution in [-0.4, -0.2) is 46.8 Å². The molecule has 2 heterocycles. The lowest BCUT2D eigenvalue weighted by molar-refractivity contribution is -0.121. The second kappa shape index (κ2) is 11.4. The molecule has 1 aromatic carbocycles. The number of rotatable bonds is 12. The van der Waals surface area contributed by atoms with Gasteiger partial charge in [0.15, 0.2) is 5.78 Å². The molecular weight excluding hydrogens is 419 g/mol. The van der Waals surface area contributed by atoms with Crippen molar-refractivity contribution in [1.29, 1.82) is 5.26 Å². The number of ketones is 2. The lowest BCUT2D eigenvalue weighted by Gasteiger charge is -2.38. The summed E-state index contributed by atoms with van der Waals surface area (Å²) in [7, 11) is 0. The molecule has 0 aromatic heterocycles. The van der Waals surface area contributed by atoms with E-state index in [4.69, 9.17) is 5.26 Å². The maximum atomic E-state index is 13.6. The molecule has 2 bridgehead atoms. The molecule has 0 radical (unpaired) electrons. The van der Waals surface area contributed by atoms with E-state index in [1.807, 2.05) is 19.9 Å². The molecule has 0 aliphatic carbocycles. The van der Waals surface area contributed by atoms with Crippen molar-refractivity contribution in [3.8, 4) is 6.07 Å². The van der Waals surface area contributed by atoms with E-state index < -0.39 is 5.82 Å². The Hall–Kier alpha value is -2.10. The van der Waals surface area contributed by atoms with Gasteiger partial charge >= 0.3 is 0 Å². The van der Waals surface area contributed by atoms with E-state index in [1.54, 1.807) is 0 Å². The number of hydrogen-bond acceptors (Lipinski definition) is 5. The highest BCUT2D eigenvalue weighted by atomic mass is 19.1. The Morgan fingerprint density at radius 1 is 1.15 bits per heavy atom. The van der Waals surface area contributed by atoms with Crippen molar-refractivity contribution in [1.82, 2.24) is 4.90 Å². The van der Waals surface area contributed by atoms with Gasteiger partial charge in [-0.25, -0.2) is 4.39 Å².